The summed E-state index contributed by atoms with van der Waals surface area (Å²) in [4.78, 5) is 32.5. The van der Waals surface area contributed by atoms with Crippen molar-refractivity contribution < 1.29 is 95.7 Å². The predicted molar refractivity (Wildman–Crippen MR) is 386 cm³/mol. The highest BCUT2D eigenvalue weighted by molar-refractivity contribution is 5.21. The lowest BCUT2D eigenvalue weighted by molar-refractivity contribution is -0.263. The van der Waals surface area contributed by atoms with E-state index < -0.39 is 17.7 Å². The summed E-state index contributed by atoms with van der Waals surface area (Å²) in [5.74, 6) is 2.56. The van der Waals surface area contributed by atoms with Crippen LogP contribution < -0.4 is 0 Å². The lowest BCUT2D eigenvalue weighted by Crippen LogP contribution is -2.54. The minimum Gasteiger partial charge on any atom is -0.394 e. The third-order valence-electron chi connectivity index (χ3n) is 27.3. The number of rotatable bonds is 28. The van der Waals surface area contributed by atoms with Gasteiger partial charge in [0.15, 0.2) is 11.6 Å². The van der Waals surface area contributed by atoms with Crippen molar-refractivity contribution in [3.8, 4) is 0 Å². The van der Waals surface area contributed by atoms with Gasteiger partial charge in [0.1, 0.15) is 36.6 Å². The highest BCUT2D eigenvalue weighted by Gasteiger charge is 2.69. The van der Waals surface area contributed by atoms with Gasteiger partial charge in [-0.3, -0.25) is 0 Å². The van der Waals surface area contributed by atoms with Gasteiger partial charge in [0.25, 0.3) is 0 Å². The fraction of sp³-hybridized carbons (Fsp3) is 0.833. The number of carbonyl (C=O) groups excluding carboxylic acids is 4. The third kappa shape index (κ3) is 17.6. The van der Waals surface area contributed by atoms with Crippen LogP contribution in [0.5, 0.6) is 0 Å². The minimum atomic E-state index is -0.747. The van der Waals surface area contributed by atoms with E-state index in [0.29, 0.717) is 54.0 Å². The van der Waals surface area contributed by atoms with E-state index in [1.54, 1.807) is 0 Å². The molecule has 0 amide bonds. The van der Waals surface area contributed by atoms with E-state index in [1.165, 1.54) is 23.1 Å². The molecule has 584 valence electrons. The molecule has 16 heterocycles. The van der Waals surface area contributed by atoms with Gasteiger partial charge in [-0.2, -0.15) is 19.2 Å². The van der Waals surface area contributed by atoms with Crippen molar-refractivity contribution in [1.29, 1.82) is 0 Å². The monoisotopic (exact) mass is 1460 g/mol. The second-order valence-corrected chi connectivity index (χ2v) is 34.0. The Labute approximate surface area is 620 Å². The third-order valence-corrected chi connectivity index (χ3v) is 27.3. The fourth-order valence-electron chi connectivity index (χ4n) is 21.1. The van der Waals surface area contributed by atoms with Crippen molar-refractivity contribution in [2.24, 2.45) is 53.3 Å². The largest absolute Gasteiger partial charge is 0.394 e. The zero-order valence-corrected chi connectivity index (χ0v) is 64.2. The molecule has 20 nitrogen and oxygen atoms in total. The number of hydrogen-bond acceptors (Lipinski definition) is 20. The van der Waals surface area contributed by atoms with Crippen LogP contribution >= 0.6 is 0 Å². The Morgan fingerprint density at radius 1 is 0.471 bits per heavy atom. The maximum Gasteiger partial charge on any atom is 0.373 e. The average Bonchev–Trinajstić information content (AvgIpc) is 1.56. The number of hydrogen-bond donors (Lipinski definition) is 2. The fourth-order valence-corrected chi connectivity index (χ4v) is 21.1. The van der Waals surface area contributed by atoms with Crippen LogP contribution in [0.25, 0.3) is 0 Å². The molecule has 104 heavy (non-hydrogen) atoms. The smallest absolute Gasteiger partial charge is 0.373 e. The van der Waals surface area contributed by atoms with E-state index >= 15 is 0 Å². The lowest BCUT2D eigenvalue weighted by atomic mass is 9.80. The Morgan fingerprint density at radius 2 is 0.856 bits per heavy atom. The quantitative estimate of drug-likeness (QED) is 0.0692. The van der Waals surface area contributed by atoms with Gasteiger partial charge in [-0.25, -0.2) is 0 Å². The summed E-state index contributed by atoms with van der Waals surface area (Å²) < 4.78 is 93.4. The molecule has 0 aliphatic carbocycles. The van der Waals surface area contributed by atoms with Crippen LogP contribution in [-0.2, 0) is 85.5 Å². The molecule has 0 radical (unpaired) electrons. The molecule has 16 rings (SSSR count). The zero-order chi connectivity index (χ0) is 74.6. The molecular weight excluding hydrogens is 1330 g/mol. The first kappa shape index (κ1) is 81.5. The van der Waals surface area contributed by atoms with E-state index in [1.807, 2.05) is 12.2 Å². The highest BCUT2D eigenvalue weighted by atomic mass is 16.8. The van der Waals surface area contributed by atoms with Gasteiger partial charge in [-0.05, 0) is 147 Å². The molecule has 6 unspecified atom stereocenters. The van der Waals surface area contributed by atoms with E-state index in [0.717, 1.165) is 140 Å². The molecule has 36 atom stereocenters. The molecule has 0 spiro atoms. The minimum absolute atomic E-state index is 0.0196. The Kier molecular flexibility index (Phi) is 28.0. The van der Waals surface area contributed by atoms with Crippen LogP contribution in [0.2, 0.25) is 0 Å². The van der Waals surface area contributed by atoms with Crippen LogP contribution in [0.15, 0.2) is 73.9 Å². The van der Waals surface area contributed by atoms with Gasteiger partial charge in [0, 0.05) is 56.8 Å². The van der Waals surface area contributed by atoms with E-state index in [2.05, 4.69) is 109 Å². The molecular formula is C84H128O20. The van der Waals surface area contributed by atoms with Crippen LogP contribution in [0, 0.1) is 53.3 Å². The van der Waals surface area contributed by atoms with Gasteiger partial charge < -0.3 is 76.5 Å². The van der Waals surface area contributed by atoms with Crippen LogP contribution in [0.4, 0.5) is 0 Å². The average molecular weight is 1460 g/mol. The first-order valence-electron chi connectivity index (χ1n) is 40.4. The zero-order valence-electron chi connectivity index (χ0n) is 64.2. The number of ether oxygens (including phenoxy) is 14. The number of aliphatic hydroxyl groups is 2. The Bertz CT molecular complexity index is 2790. The summed E-state index contributed by atoms with van der Waals surface area (Å²) in [6.45, 7) is 48.4. The standard InChI is InChI=1S/C42H66O7.C40H62O9.2CO2/c1-10-13-33-28(9)38-40-41(46-33)39-37(47-40)22-42(48-38,49-39)17-16-30-20-25(6)32(43-30)15-14-29-19-24(5)26(7)35(44-29)21-36-31(12-3)27(8)34(45-36)18-23(4)11-2;1-8-10-31-25(7)36-38-39(46-31)37-35(47-38)19-40(48-36,49-37)14-13-28-16-22(4)30(43-28)12-11-27-15-21(3)23(5)33(44-27)18-34-29(9-2)24(6)32(45-34)17-26(42)20-41;2*2-1-3/h10,23-24,27-41H,1,6-7,11-22H2,2-5,8-9H3;8,21,24-39,41-42H,1,4-5,9-20H2,2-3,6-7H3;;/t23-,24-,27-,28?,29?,30+,31-,32+,33+,34-,35-,36+,37-,38+,39+,40?,41+,42-;21-,24-,25?,26+,27?,28+,29-,30+,31+,32-,33-,34+,35-,36+,37+,38?,39+,40-;;/m11../s1. The van der Waals surface area contributed by atoms with Gasteiger partial charge in [-0.1, -0.05) is 127 Å². The van der Waals surface area contributed by atoms with Crippen molar-refractivity contribution >= 4 is 12.3 Å². The predicted octanol–water partition coefficient (Wildman–Crippen LogP) is 13.1. The molecule has 16 aliphatic heterocycles. The molecule has 0 aromatic carbocycles. The Balaban J connectivity index is 0.000000194. The van der Waals surface area contributed by atoms with Gasteiger partial charge in [0.05, 0.1) is 123 Å². The molecule has 16 aliphatic rings. The van der Waals surface area contributed by atoms with Crippen molar-refractivity contribution in [3.63, 3.8) is 0 Å². The second kappa shape index (κ2) is 35.7. The topological polar surface area (TPSA) is 238 Å². The lowest BCUT2D eigenvalue weighted by Gasteiger charge is -2.42. The van der Waals surface area contributed by atoms with Gasteiger partial charge in [0.2, 0.25) is 0 Å². The second-order valence-electron chi connectivity index (χ2n) is 34.0. The molecule has 2 N–H and O–H groups in total. The van der Waals surface area contributed by atoms with Crippen LogP contribution in [-0.4, -0.2) is 193 Å². The maximum atomic E-state index is 10.1. The Hall–Kier alpha value is -3.44. The van der Waals surface area contributed by atoms with E-state index in [9.17, 15) is 10.2 Å². The van der Waals surface area contributed by atoms with Crippen molar-refractivity contribution in [2.45, 2.75) is 381 Å². The molecule has 12 bridgehead atoms. The van der Waals surface area contributed by atoms with E-state index in [4.69, 9.17) is 85.5 Å². The van der Waals surface area contributed by atoms with Crippen molar-refractivity contribution in [3.05, 3.63) is 73.9 Å². The molecule has 20 heteroatoms. The van der Waals surface area contributed by atoms with Crippen LogP contribution in [0.3, 0.4) is 0 Å². The molecule has 0 aromatic rings. The molecule has 16 fully saturated rings. The number of aliphatic hydroxyl groups excluding tert-OH is 2. The summed E-state index contributed by atoms with van der Waals surface area (Å²) in [7, 11) is 0. The maximum absolute atomic E-state index is 10.1. The first-order chi connectivity index (χ1) is 49.9. The molecule has 0 aromatic heterocycles. The van der Waals surface area contributed by atoms with Crippen molar-refractivity contribution in [2.75, 3.05) is 6.61 Å². The Morgan fingerprint density at radius 3 is 1.24 bits per heavy atom. The summed E-state index contributed by atoms with van der Waals surface area (Å²) in [5.41, 5.74) is 4.78. The van der Waals surface area contributed by atoms with E-state index in [-0.39, 0.29) is 171 Å². The summed E-state index contributed by atoms with van der Waals surface area (Å²) in [5, 5.41) is 19.5. The molecule has 0 saturated carbocycles. The molecule has 16 saturated heterocycles. The van der Waals surface area contributed by atoms with Crippen molar-refractivity contribution in [1.82, 2.24) is 0 Å². The summed E-state index contributed by atoms with van der Waals surface area (Å²) >= 11 is 0. The highest BCUT2D eigenvalue weighted by Crippen LogP contribution is 2.57. The SMILES string of the molecule is C=CC[C@@H]1O[C@@H]2C3O[C@@H]4C[C@](CC[C@H]5CC(=C)[C@H](CCC6C[C@@H](C)C(=C)[C@@H](C[C@@H]7O[C@H](C[C@H](C)CC)[C@H](C)[C@H]7CC)O6)O5)(O[C@H]3C1C)O[C@H]24.C=CC[C@@H]1O[C@@H]2C3O[C@@H]4C[C@](CC[C@H]5CC(=C)[C@H](CCC6C[C@@H](C)C(=C)[C@@H](C[C@@H]7O[C@H](C[C@H](O)CO)[C@H](C)[C@H]7CC)O6)O5)(O[C@H]3C1C)O[C@H]24.O=C=O.O=C=O. The normalized spacial score (nSPS) is 46.8. The summed E-state index contributed by atoms with van der Waals surface area (Å²) in [6, 6.07) is 0. The summed E-state index contributed by atoms with van der Waals surface area (Å²) in [6.07, 6.45) is 25.4. The first-order valence-corrected chi connectivity index (χ1v) is 40.4. The van der Waals surface area contributed by atoms with Crippen LogP contribution in [0.1, 0.15) is 217 Å². The van der Waals surface area contributed by atoms with Gasteiger partial charge in [-0.15, -0.1) is 13.2 Å². The van der Waals surface area contributed by atoms with Gasteiger partial charge >= 0.3 is 12.3 Å².